The number of rotatable bonds is 5. The fourth-order valence-corrected chi connectivity index (χ4v) is 7.92. The van der Waals surface area contributed by atoms with Crippen molar-refractivity contribution in [2.75, 3.05) is 0 Å². The number of nitrogens with zero attached hydrogens (tertiary/aromatic N) is 2. The van der Waals surface area contributed by atoms with Gasteiger partial charge in [-0.15, -0.1) is 0 Å². The number of aromatic nitrogens is 2. The van der Waals surface area contributed by atoms with Crippen LogP contribution in [-0.2, 0) is 0 Å². The van der Waals surface area contributed by atoms with Crippen molar-refractivity contribution in [2.24, 2.45) is 0 Å². The van der Waals surface area contributed by atoms with Crippen molar-refractivity contribution in [1.29, 1.82) is 0 Å². The fourth-order valence-electron chi connectivity index (χ4n) is 7.92. The minimum absolute atomic E-state index is 1.14. The van der Waals surface area contributed by atoms with E-state index in [4.69, 9.17) is 0 Å². The molecule has 2 heterocycles. The average Bonchev–Trinajstić information content (AvgIpc) is 3.71. The van der Waals surface area contributed by atoms with E-state index >= 15 is 0 Å². The van der Waals surface area contributed by atoms with Crippen molar-refractivity contribution in [2.45, 2.75) is 0 Å². The smallest absolute Gasteiger partial charge is 0.0562 e. The van der Waals surface area contributed by atoms with Gasteiger partial charge in [-0.2, -0.15) is 0 Å². The number of hydrogen-bond acceptors (Lipinski definition) is 0. The molecule has 0 unspecified atom stereocenters. The lowest BCUT2D eigenvalue weighted by Gasteiger charge is -2.16. The van der Waals surface area contributed by atoms with Crippen molar-refractivity contribution < 1.29 is 0 Å². The monoisotopic (exact) mass is 636 g/mol. The minimum atomic E-state index is 1.14. The van der Waals surface area contributed by atoms with E-state index in [2.05, 4.69) is 203 Å². The molecule has 234 valence electrons. The Morgan fingerprint density at radius 2 is 0.840 bits per heavy atom. The maximum atomic E-state index is 2.46. The number of fused-ring (bicyclic) bond motifs is 6. The summed E-state index contributed by atoms with van der Waals surface area (Å²) in [7, 11) is 0. The normalized spacial score (nSPS) is 11.6. The summed E-state index contributed by atoms with van der Waals surface area (Å²) in [6.07, 6.45) is 0. The Balaban J connectivity index is 1.23. The molecule has 2 nitrogen and oxygen atoms in total. The van der Waals surface area contributed by atoms with Gasteiger partial charge in [0.15, 0.2) is 0 Å². The molecule has 0 N–H and O–H groups in total. The SMILES string of the molecule is c1ccc(-c2cccc(-c3ccccc3-n3c4ccccc4c4ccc(-n5c6ccccc6c6c(-c7ccccc7)cccc65)cc43)c2)cc1. The summed E-state index contributed by atoms with van der Waals surface area (Å²) in [5, 5.41) is 5.02. The highest BCUT2D eigenvalue weighted by molar-refractivity contribution is 6.16. The van der Waals surface area contributed by atoms with E-state index in [-0.39, 0.29) is 0 Å². The first-order valence-electron chi connectivity index (χ1n) is 17.2. The van der Waals surface area contributed by atoms with Crippen molar-refractivity contribution in [1.82, 2.24) is 9.13 Å². The molecule has 0 bridgehead atoms. The summed E-state index contributed by atoms with van der Waals surface area (Å²) in [6.45, 7) is 0. The molecule has 0 amide bonds. The third kappa shape index (κ3) is 4.43. The first-order valence-corrected chi connectivity index (χ1v) is 17.2. The molecule has 8 aromatic carbocycles. The zero-order valence-electron chi connectivity index (χ0n) is 27.4. The molecular weight excluding hydrogens is 605 g/mol. The van der Waals surface area contributed by atoms with Gasteiger partial charge in [-0.05, 0) is 70.3 Å². The third-order valence-electron chi connectivity index (χ3n) is 10.1. The Labute approximate surface area is 290 Å². The van der Waals surface area contributed by atoms with Gasteiger partial charge >= 0.3 is 0 Å². The molecule has 0 spiro atoms. The van der Waals surface area contributed by atoms with Gasteiger partial charge in [0.25, 0.3) is 0 Å². The van der Waals surface area contributed by atoms with Crippen LogP contribution in [0.1, 0.15) is 0 Å². The van der Waals surface area contributed by atoms with Crippen molar-refractivity contribution >= 4 is 43.6 Å². The Morgan fingerprint density at radius 3 is 1.66 bits per heavy atom. The summed E-state index contributed by atoms with van der Waals surface area (Å²) in [5.74, 6) is 0. The highest BCUT2D eigenvalue weighted by Crippen LogP contribution is 2.41. The van der Waals surface area contributed by atoms with Gasteiger partial charge in [0.1, 0.15) is 0 Å². The standard InChI is InChI=1S/C48H32N2/c1-3-15-33(16-4-1)35-19-13-20-36(31-35)38-21-7-10-25-43(38)50-44-26-11-8-22-40(44)41-30-29-37(32-47(41)50)49-45-27-12-9-23-42(45)48-39(24-14-28-46(48)49)34-17-5-2-6-18-34/h1-32H. The molecule has 2 heteroatoms. The van der Waals surface area contributed by atoms with Crippen LogP contribution in [0.15, 0.2) is 194 Å². The molecule has 0 saturated heterocycles. The predicted molar refractivity (Wildman–Crippen MR) is 211 cm³/mol. The molecule has 10 rings (SSSR count). The Bertz CT molecular complexity index is 2860. The van der Waals surface area contributed by atoms with Crippen LogP contribution in [0.25, 0.3) is 88.4 Å². The van der Waals surface area contributed by atoms with E-state index in [0.29, 0.717) is 0 Å². The molecule has 0 aliphatic carbocycles. The van der Waals surface area contributed by atoms with Crippen LogP contribution in [0.5, 0.6) is 0 Å². The Kier molecular flexibility index (Phi) is 6.53. The lowest BCUT2D eigenvalue weighted by Crippen LogP contribution is -1.99. The lowest BCUT2D eigenvalue weighted by atomic mass is 9.98. The van der Waals surface area contributed by atoms with Crippen LogP contribution in [0.2, 0.25) is 0 Å². The number of hydrogen-bond donors (Lipinski definition) is 0. The lowest BCUT2D eigenvalue weighted by molar-refractivity contribution is 1.16. The first kappa shape index (κ1) is 28.4. The van der Waals surface area contributed by atoms with Crippen LogP contribution in [0.3, 0.4) is 0 Å². The summed E-state index contributed by atoms with van der Waals surface area (Å²) in [4.78, 5) is 0. The van der Waals surface area contributed by atoms with E-state index < -0.39 is 0 Å². The second-order valence-corrected chi connectivity index (χ2v) is 12.9. The number of benzene rings is 8. The van der Waals surface area contributed by atoms with Crippen LogP contribution in [0.4, 0.5) is 0 Å². The summed E-state index contributed by atoms with van der Waals surface area (Å²) in [6, 6.07) is 70.4. The zero-order chi connectivity index (χ0) is 33.0. The number of para-hydroxylation sites is 3. The Morgan fingerprint density at radius 1 is 0.280 bits per heavy atom. The molecule has 2 aromatic heterocycles. The summed E-state index contributed by atoms with van der Waals surface area (Å²) >= 11 is 0. The highest BCUT2D eigenvalue weighted by atomic mass is 15.0. The van der Waals surface area contributed by atoms with Gasteiger partial charge in [-0.25, -0.2) is 0 Å². The third-order valence-corrected chi connectivity index (χ3v) is 10.1. The van der Waals surface area contributed by atoms with E-state index in [9.17, 15) is 0 Å². The second-order valence-electron chi connectivity index (χ2n) is 12.9. The molecule has 0 fully saturated rings. The predicted octanol–water partition coefficient (Wildman–Crippen LogP) is 12.9. The van der Waals surface area contributed by atoms with Crippen LogP contribution >= 0.6 is 0 Å². The Hall–Kier alpha value is -6.64. The molecular formula is C48H32N2. The van der Waals surface area contributed by atoms with Crippen molar-refractivity contribution in [3.8, 4) is 44.8 Å². The first-order chi connectivity index (χ1) is 24.8. The van der Waals surface area contributed by atoms with Gasteiger partial charge in [0, 0.05) is 32.8 Å². The minimum Gasteiger partial charge on any atom is -0.309 e. The van der Waals surface area contributed by atoms with Gasteiger partial charge in [-0.3, -0.25) is 0 Å². The van der Waals surface area contributed by atoms with Crippen molar-refractivity contribution in [3.63, 3.8) is 0 Å². The summed E-state index contributed by atoms with van der Waals surface area (Å²) in [5.41, 5.74) is 14.4. The van der Waals surface area contributed by atoms with Crippen LogP contribution in [0, 0.1) is 0 Å². The summed E-state index contributed by atoms with van der Waals surface area (Å²) < 4.78 is 4.90. The van der Waals surface area contributed by atoms with E-state index in [1.807, 2.05) is 0 Å². The molecule has 50 heavy (non-hydrogen) atoms. The molecule has 0 aliphatic rings. The van der Waals surface area contributed by atoms with Gasteiger partial charge in [0.05, 0.1) is 27.8 Å². The molecule has 10 aromatic rings. The van der Waals surface area contributed by atoms with E-state index in [1.165, 1.54) is 77.0 Å². The largest absolute Gasteiger partial charge is 0.309 e. The van der Waals surface area contributed by atoms with Crippen LogP contribution in [-0.4, -0.2) is 9.13 Å². The average molecular weight is 637 g/mol. The van der Waals surface area contributed by atoms with Crippen molar-refractivity contribution in [3.05, 3.63) is 194 Å². The molecule has 0 radical (unpaired) electrons. The van der Waals surface area contributed by atoms with Crippen LogP contribution < -0.4 is 0 Å². The van der Waals surface area contributed by atoms with E-state index in [0.717, 1.165) is 11.4 Å². The molecule has 0 atom stereocenters. The second kappa shape index (κ2) is 11.5. The quantitative estimate of drug-likeness (QED) is 0.178. The molecule has 0 aliphatic heterocycles. The van der Waals surface area contributed by atoms with Gasteiger partial charge in [-0.1, -0.05) is 152 Å². The maximum Gasteiger partial charge on any atom is 0.0562 e. The topological polar surface area (TPSA) is 9.86 Å². The zero-order valence-corrected chi connectivity index (χ0v) is 27.4. The maximum absolute atomic E-state index is 2.46. The molecule has 0 saturated carbocycles. The van der Waals surface area contributed by atoms with E-state index in [1.54, 1.807) is 0 Å². The fraction of sp³-hybridized carbons (Fsp3) is 0. The van der Waals surface area contributed by atoms with Gasteiger partial charge in [0.2, 0.25) is 0 Å². The van der Waals surface area contributed by atoms with Gasteiger partial charge < -0.3 is 9.13 Å². The highest BCUT2D eigenvalue weighted by Gasteiger charge is 2.19.